The van der Waals surface area contributed by atoms with Crippen molar-refractivity contribution in [3.05, 3.63) is 47.5 Å². The normalized spacial score (nSPS) is 11.5. The van der Waals surface area contributed by atoms with E-state index in [-0.39, 0.29) is 83.5 Å². The molecule has 2 aromatic rings. The molecule has 0 spiro atoms. The van der Waals surface area contributed by atoms with Crippen molar-refractivity contribution in [1.29, 1.82) is 0 Å². The summed E-state index contributed by atoms with van der Waals surface area (Å²) in [5, 5.41) is 26.1. The van der Waals surface area contributed by atoms with Crippen LogP contribution in [0, 0.1) is 0 Å². The second-order valence-electron chi connectivity index (χ2n) is 10.6. The summed E-state index contributed by atoms with van der Waals surface area (Å²) in [6.07, 6.45) is 5.82. The van der Waals surface area contributed by atoms with Crippen LogP contribution in [0.2, 0.25) is 0 Å². The predicted molar refractivity (Wildman–Crippen MR) is 185 cm³/mol. The van der Waals surface area contributed by atoms with E-state index in [4.69, 9.17) is 0 Å². The molecule has 0 unspecified atom stereocenters. The van der Waals surface area contributed by atoms with Crippen LogP contribution < -0.4 is 20.1 Å². The summed E-state index contributed by atoms with van der Waals surface area (Å²) in [6.45, 7) is 1.49. The van der Waals surface area contributed by atoms with Crippen LogP contribution >= 0.6 is 24.8 Å². The SMILES string of the molecule is CN(C)S(=O)(=O)Nc1cc(C(=O)CNCCCCCCCCNCC(=O)c2ccc(O)c(NS(=O)(=O)N(C)C)c2)ccc1O.Cl.Cl. The first-order valence-electron chi connectivity index (χ1n) is 14.2. The number of Topliss-reactive ketones (excluding diaryl/α,β-unsaturated/α-hetero) is 2. The molecule has 0 bridgehead atoms. The lowest BCUT2D eigenvalue weighted by Gasteiger charge is -2.15. The quantitative estimate of drug-likeness (QED) is 0.0632. The lowest BCUT2D eigenvalue weighted by atomic mass is 10.1. The Bertz CT molecular complexity index is 1380. The molecular formula is C28H46Cl2N6O8S2. The summed E-state index contributed by atoms with van der Waals surface area (Å²) in [6, 6.07) is 8.07. The summed E-state index contributed by atoms with van der Waals surface area (Å²) < 4.78 is 54.5. The Labute approximate surface area is 284 Å². The smallest absolute Gasteiger partial charge is 0.301 e. The van der Waals surface area contributed by atoms with E-state index in [9.17, 15) is 36.6 Å². The fraction of sp³-hybridized carbons (Fsp3) is 0.500. The molecule has 0 aliphatic rings. The molecule has 6 N–H and O–H groups in total. The largest absolute Gasteiger partial charge is 0.506 e. The van der Waals surface area contributed by atoms with Gasteiger partial charge in [-0.2, -0.15) is 25.4 Å². The standard InChI is InChI=1S/C28H44N6O8S2.2ClH/c1-33(2)43(39,40)31-23-17-21(11-13-25(23)35)27(37)19-29-15-9-7-5-6-8-10-16-30-20-28(38)22-12-14-26(36)24(18-22)32-44(41,42)34(3)4;;/h11-14,17-18,29-32,35-36H,5-10,15-16,19-20H2,1-4H3;2*1H. The van der Waals surface area contributed by atoms with Gasteiger partial charge in [-0.15, -0.1) is 24.8 Å². The van der Waals surface area contributed by atoms with Gasteiger partial charge in [-0.05, 0) is 62.3 Å². The Morgan fingerprint density at radius 2 is 0.935 bits per heavy atom. The first kappa shape index (κ1) is 43.3. The van der Waals surface area contributed by atoms with Crippen LogP contribution in [0.4, 0.5) is 11.4 Å². The number of rotatable bonds is 21. The molecule has 0 aliphatic heterocycles. The van der Waals surface area contributed by atoms with Gasteiger partial charge in [0.25, 0.3) is 0 Å². The maximum absolute atomic E-state index is 12.5. The van der Waals surface area contributed by atoms with Crippen molar-refractivity contribution >= 4 is 68.2 Å². The number of ketones is 2. The highest BCUT2D eigenvalue weighted by Crippen LogP contribution is 2.27. The molecule has 18 heteroatoms. The van der Waals surface area contributed by atoms with Gasteiger partial charge in [0.05, 0.1) is 24.5 Å². The monoisotopic (exact) mass is 728 g/mol. The fourth-order valence-electron chi connectivity index (χ4n) is 3.86. The maximum atomic E-state index is 12.5. The van der Waals surface area contributed by atoms with E-state index in [2.05, 4.69) is 20.1 Å². The van der Waals surface area contributed by atoms with Gasteiger partial charge in [0, 0.05) is 39.3 Å². The number of carbonyl (C=O) groups is 2. The second kappa shape index (κ2) is 20.5. The molecule has 0 atom stereocenters. The third kappa shape index (κ3) is 14.4. The number of aromatic hydroxyl groups is 2. The van der Waals surface area contributed by atoms with Gasteiger partial charge in [-0.25, -0.2) is 0 Å². The Morgan fingerprint density at radius 1 is 0.609 bits per heavy atom. The van der Waals surface area contributed by atoms with E-state index in [1.165, 1.54) is 64.6 Å². The average Bonchev–Trinajstić information content (AvgIpc) is 2.95. The first-order valence-corrected chi connectivity index (χ1v) is 17.1. The minimum absolute atomic E-state index is 0. The highest BCUT2D eigenvalue weighted by molar-refractivity contribution is 7.90. The highest BCUT2D eigenvalue weighted by atomic mass is 35.5. The minimum Gasteiger partial charge on any atom is -0.506 e. The topological polar surface area (TPSA) is 197 Å². The van der Waals surface area contributed by atoms with E-state index in [0.717, 1.165) is 47.1 Å². The van der Waals surface area contributed by atoms with E-state index < -0.39 is 20.4 Å². The number of hydrogen-bond donors (Lipinski definition) is 6. The van der Waals surface area contributed by atoms with E-state index in [1.54, 1.807) is 0 Å². The molecule has 0 saturated carbocycles. The predicted octanol–water partition coefficient (Wildman–Crippen LogP) is 2.96. The van der Waals surface area contributed by atoms with E-state index in [0.29, 0.717) is 13.1 Å². The van der Waals surface area contributed by atoms with Crippen LogP contribution in [0.15, 0.2) is 36.4 Å². The van der Waals surface area contributed by atoms with Crippen molar-refractivity contribution in [3.63, 3.8) is 0 Å². The summed E-state index contributed by atoms with van der Waals surface area (Å²) in [4.78, 5) is 25.0. The zero-order valence-corrected chi connectivity index (χ0v) is 29.7. The van der Waals surface area contributed by atoms with Crippen molar-refractivity contribution in [1.82, 2.24) is 19.2 Å². The van der Waals surface area contributed by atoms with E-state index in [1.807, 2.05) is 0 Å². The number of phenolic OH excluding ortho intramolecular Hbond substituents is 2. The lowest BCUT2D eigenvalue weighted by Crippen LogP contribution is -2.29. The number of unbranched alkanes of at least 4 members (excludes halogenated alkanes) is 5. The highest BCUT2D eigenvalue weighted by Gasteiger charge is 2.18. The molecule has 0 saturated heterocycles. The molecule has 262 valence electrons. The first-order chi connectivity index (χ1) is 20.6. The van der Waals surface area contributed by atoms with Gasteiger partial charge in [-0.3, -0.25) is 19.0 Å². The van der Waals surface area contributed by atoms with Gasteiger partial charge in [0.1, 0.15) is 11.5 Å². The number of benzene rings is 2. The number of nitrogens with one attached hydrogen (secondary N) is 4. The molecular weight excluding hydrogens is 683 g/mol. The molecule has 0 aliphatic carbocycles. The minimum atomic E-state index is -3.82. The molecule has 2 rings (SSSR count). The molecule has 0 radical (unpaired) electrons. The van der Waals surface area contributed by atoms with Crippen molar-refractivity contribution in [3.8, 4) is 11.5 Å². The number of carbonyl (C=O) groups excluding carboxylic acids is 2. The lowest BCUT2D eigenvalue weighted by molar-refractivity contribution is 0.0983. The Kier molecular flexibility index (Phi) is 19.3. The third-order valence-electron chi connectivity index (χ3n) is 6.60. The number of nitrogens with zero attached hydrogens (tertiary/aromatic N) is 2. The van der Waals surface area contributed by atoms with Crippen LogP contribution in [0.25, 0.3) is 0 Å². The zero-order chi connectivity index (χ0) is 32.9. The molecule has 46 heavy (non-hydrogen) atoms. The Hall–Kier alpha value is -2.70. The molecule has 0 amide bonds. The molecule has 2 aromatic carbocycles. The molecule has 0 heterocycles. The van der Waals surface area contributed by atoms with Gasteiger partial charge in [0.15, 0.2) is 11.6 Å². The van der Waals surface area contributed by atoms with Crippen LogP contribution in [-0.4, -0.2) is 102 Å². The van der Waals surface area contributed by atoms with Crippen molar-refractivity contribution < 1.29 is 36.6 Å². The van der Waals surface area contributed by atoms with Crippen LogP contribution in [0.3, 0.4) is 0 Å². The number of halogens is 2. The zero-order valence-electron chi connectivity index (χ0n) is 26.4. The van der Waals surface area contributed by atoms with Gasteiger partial charge < -0.3 is 20.8 Å². The van der Waals surface area contributed by atoms with Gasteiger partial charge >= 0.3 is 20.4 Å². The maximum Gasteiger partial charge on any atom is 0.301 e. The Morgan fingerprint density at radius 3 is 1.26 bits per heavy atom. The molecule has 14 nitrogen and oxygen atoms in total. The third-order valence-corrected chi connectivity index (χ3v) is 9.48. The summed E-state index contributed by atoms with van der Waals surface area (Å²) >= 11 is 0. The van der Waals surface area contributed by atoms with Crippen molar-refractivity contribution in [2.75, 3.05) is 63.8 Å². The van der Waals surface area contributed by atoms with E-state index >= 15 is 0 Å². The van der Waals surface area contributed by atoms with Crippen LogP contribution in [0.1, 0.15) is 59.2 Å². The average molecular weight is 730 g/mol. The Balaban J connectivity index is 0.0000101. The molecule has 0 fully saturated rings. The van der Waals surface area contributed by atoms with Gasteiger partial charge in [0.2, 0.25) is 0 Å². The van der Waals surface area contributed by atoms with Gasteiger partial charge in [-0.1, -0.05) is 25.7 Å². The number of anilines is 2. The number of phenols is 2. The second-order valence-corrected chi connectivity index (χ2v) is 14.3. The summed E-state index contributed by atoms with van der Waals surface area (Å²) in [5.74, 6) is -0.994. The summed E-state index contributed by atoms with van der Waals surface area (Å²) in [7, 11) is -2.25. The molecule has 0 aromatic heterocycles. The van der Waals surface area contributed by atoms with Crippen molar-refractivity contribution in [2.24, 2.45) is 0 Å². The van der Waals surface area contributed by atoms with Crippen molar-refractivity contribution in [2.45, 2.75) is 38.5 Å². The number of hydrogen-bond acceptors (Lipinski definition) is 10. The van der Waals surface area contributed by atoms with Crippen LogP contribution in [-0.2, 0) is 20.4 Å². The summed E-state index contributed by atoms with van der Waals surface area (Å²) in [5.41, 5.74) is 0.431. The van der Waals surface area contributed by atoms with Crippen LogP contribution in [0.5, 0.6) is 11.5 Å². The fourth-order valence-corrected chi connectivity index (χ4v) is 5.11.